The lowest BCUT2D eigenvalue weighted by atomic mass is 9.92. The predicted molar refractivity (Wildman–Crippen MR) is 275 cm³/mol. The Labute approximate surface area is 412 Å². The van der Waals surface area contributed by atoms with Crippen LogP contribution in [0.5, 0.6) is 17.2 Å². The lowest BCUT2D eigenvalue weighted by molar-refractivity contribution is 0.288. The van der Waals surface area contributed by atoms with Crippen molar-refractivity contribution < 1.29 is 14.2 Å². The van der Waals surface area contributed by atoms with Crippen LogP contribution < -0.4 is 36.8 Å². The molecule has 6 aromatic heterocycles. The summed E-state index contributed by atoms with van der Waals surface area (Å²) in [5.41, 5.74) is 18.0. The molecular weight excluding hydrogens is 913 g/mol. The second-order valence-electron chi connectivity index (χ2n) is 18.1. The topological polar surface area (TPSA) is 237 Å². The number of benzene rings is 4. The summed E-state index contributed by atoms with van der Waals surface area (Å²) in [6.07, 6.45) is 8.89. The van der Waals surface area contributed by atoms with E-state index >= 15 is 0 Å². The second-order valence-corrected chi connectivity index (χ2v) is 18.1. The molecule has 10 aromatic rings. The maximum atomic E-state index is 13.6. The number of para-hydroxylation sites is 2. The van der Waals surface area contributed by atoms with Crippen LogP contribution in [-0.2, 0) is 0 Å². The number of hydrogen-bond donors (Lipinski definition) is 2. The van der Waals surface area contributed by atoms with Crippen LogP contribution in [0.4, 0.5) is 11.6 Å². The smallest absolute Gasteiger partial charge is 0.261 e. The molecule has 0 bridgehead atoms. The van der Waals surface area contributed by atoms with Crippen molar-refractivity contribution in [3.63, 3.8) is 0 Å². The summed E-state index contributed by atoms with van der Waals surface area (Å²) in [7, 11) is 4.81. The molecule has 4 N–H and O–H groups in total. The summed E-state index contributed by atoms with van der Waals surface area (Å²) in [6.45, 7) is 3.98. The minimum atomic E-state index is -0.399. The molecule has 2 fully saturated rings. The first-order chi connectivity index (χ1) is 35.1. The van der Waals surface area contributed by atoms with E-state index in [4.69, 9.17) is 45.8 Å². The highest BCUT2D eigenvalue weighted by molar-refractivity contribution is 5.99. The SMILES string of the molecule is COc1ccc(-c2nn(C(C)c3nc4ccccc4c(=O)n3C3CCC3)c3ncnc(N)c23)cc1.COc1ccc(-c2nn(C(C)c3nc4ccccc4c(=O)n3C3CCC3)c3ncnc(N)c23)cc1OC. The molecule has 12 rings (SSSR count). The van der Waals surface area contributed by atoms with E-state index in [9.17, 15) is 9.59 Å². The van der Waals surface area contributed by atoms with Gasteiger partial charge in [0, 0.05) is 23.2 Å². The van der Waals surface area contributed by atoms with Gasteiger partial charge < -0.3 is 25.7 Å². The molecule has 2 saturated carbocycles. The summed E-state index contributed by atoms with van der Waals surface area (Å²) in [5.74, 6) is 3.91. The van der Waals surface area contributed by atoms with Crippen molar-refractivity contribution in [3.05, 3.63) is 136 Å². The molecule has 4 aromatic carbocycles. The van der Waals surface area contributed by atoms with E-state index in [1.165, 1.54) is 12.7 Å². The maximum Gasteiger partial charge on any atom is 0.261 e. The van der Waals surface area contributed by atoms with Gasteiger partial charge in [0.1, 0.15) is 65.2 Å². The van der Waals surface area contributed by atoms with E-state index in [0.717, 1.165) is 55.4 Å². The molecule has 2 aliphatic rings. The van der Waals surface area contributed by atoms with E-state index in [1.54, 1.807) is 30.7 Å². The summed E-state index contributed by atoms with van der Waals surface area (Å²) in [4.78, 5) is 54.6. The summed E-state index contributed by atoms with van der Waals surface area (Å²) in [6, 6.07) is 27.6. The highest BCUT2D eigenvalue weighted by atomic mass is 16.5. The van der Waals surface area contributed by atoms with Crippen molar-refractivity contribution in [2.45, 2.75) is 76.5 Å². The van der Waals surface area contributed by atoms with Crippen molar-refractivity contribution in [1.29, 1.82) is 0 Å². The fraction of sp³-hybridized carbons (Fsp3) is 0.283. The monoisotopic (exact) mass is 964 g/mol. The molecule has 364 valence electrons. The van der Waals surface area contributed by atoms with E-state index in [2.05, 4.69) is 19.9 Å². The highest BCUT2D eigenvalue weighted by Gasteiger charge is 2.32. The largest absolute Gasteiger partial charge is 0.497 e. The minimum Gasteiger partial charge on any atom is -0.497 e. The standard InChI is InChI=1S/C27H27N7O3.C26H25N7O2/c1-15(25-31-19-10-5-4-9-18(19)27(35)33(25)17-7-6-8-17)34-26-22(24(28)29-14-30-26)23(32-34)16-11-12-20(36-2)21(13-16)37-3;1-15(24-30-20-9-4-3-8-19(20)26(34)32(24)17-6-5-7-17)33-25-21(23(27)28-14-29-25)22(31-33)16-10-12-18(35-2)13-11-16/h4-5,9-15,17H,6-8H2,1-3H3,(H2,28,29,30);3-4,8-15,17H,5-7H2,1-2H3,(H2,27,28,29). The third-order valence-corrected chi connectivity index (χ3v) is 14.1. The Balaban J connectivity index is 0.000000156. The predicted octanol–water partition coefficient (Wildman–Crippen LogP) is 8.27. The Kier molecular flexibility index (Phi) is 11.8. The number of aromatic nitrogens is 12. The van der Waals surface area contributed by atoms with Gasteiger partial charge in [-0.25, -0.2) is 39.3 Å². The molecule has 19 nitrogen and oxygen atoms in total. The van der Waals surface area contributed by atoms with Crippen LogP contribution in [0.15, 0.2) is 113 Å². The number of fused-ring (bicyclic) bond motifs is 4. The first-order valence-corrected chi connectivity index (χ1v) is 23.9. The molecule has 0 amide bonds. The molecule has 0 saturated heterocycles. The van der Waals surface area contributed by atoms with Crippen molar-refractivity contribution in [2.75, 3.05) is 32.8 Å². The zero-order valence-corrected chi connectivity index (χ0v) is 40.4. The quantitative estimate of drug-likeness (QED) is 0.124. The minimum absolute atomic E-state index is 0.0110. The summed E-state index contributed by atoms with van der Waals surface area (Å²) in [5, 5.41) is 12.5. The highest BCUT2D eigenvalue weighted by Crippen LogP contribution is 2.40. The van der Waals surface area contributed by atoms with Crippen molar-refractivity contribution >= 4 is 55.5 Å². The molecule has 0 aliphatic heterocycles. The van der Waals surface area contributed by atoms with E-state index in [0.29, 0.717) is 90.0 Å². The fourth-order valence-electron chi connectivity index (χ4n) is 9.80. The average molecular weight is 965 g/mol. The van der Waals surface area contributed by atoms with Crippen LogP contribution in [0.2, 0.25) is 0 Å². The number of hydrogen-bond acceptors (Lipinski definition) is 15. The van der Waals surface area contributed by atoms with Crippen molar-refractivity contribution in [3.8, 4) is 39.8 Å². The summed E-state index contributed by atoms with van der Waals surface area (Å²) >= 11 is 0. The Bertz CT molecular complexity index is 3820. The van der Waals surface area contributed by atoms with Gasteiger partial charge >= 0.3 is 0 Å². The van der Waals surface area contributed by atoms with E-state index in [-0.39, 0.29) is 29.2 Å². The van der Waals surface area contributed by atoms with Gasteiger partial charge in [-0.3, -0.25) is 18.7 Å². The molecule has 19 heteroatoms. The van der Waals surface area contributed by atoms with Crippen LogP contribution in [0, 0.1) is 0 Å². The van der Waals surface area contributed by atoms with Gasteiger partial charge in [0.15, 0.2) is 22.8 Å². The van der Waals surface area contributed by atoms with Crippen LogP contribution in [0.3, 0.4) is 0 Å². The van der Waals surface area contributed by atoms with Gasteiger partial charge in [-0.15, -0.1) is 0 Å². The van der Waals surface area contributed by atoms with Crippen LogP contribution in [0.1, 0.15) is 88.2 Å². The number of nitrogens with two attached hydrogens (primary N) is 2. The first kappa shape index (κ1) is 45.7. The number of nitrogens with zero attached hydrogens (tertiary/aromatic N) is 12. The third-order valence-electron chi connectivity index (χ3n) is 14.1. The number of nitrogen functional groups attached to an aromatic ring is 2. The summed E-state index contributed by atoms with van der Waals surface area (Å²) < 4.78 is 23.5. The molecular formula is C53H52N14O5. The number of anilines is 2. The average Bonchev–Trinajstić information content (AvgIpc) is 3.98. The van der Waals surface area contributed by atoms with Crippen LogP contribution in [0.25, 0.3) is 66.4 Å². The molecule has 6 heterocycles. The van der Waals surface area contributed by atoms with Gasteiger partial charge in [-0.05, 0) is 119 Å². The lowest BCUT2D eigenvalue weighted by Gasteiger charge is -2.31. The lowest BCUT2D eigenvalue weighted by Crippen LogP contribution is -2.34. The van der Waals surface area contributed by atoms with Gasteiger partial charge in [0.25, 0.3) is 11.1 Å². The molecule has 0 radical (unpaired) electrons. The third kappa shape index (κ3) is 7.67. The van der Waals surface area contributed by atoms with Crippen LogP contribution >= 0.6 is 0 Å². The molecule has 0 spiro atoms. The van der Waals surface area contributed by atoms with Crippen LogP contribution in [-0.4, -0.2) is 79.9 Å². The van der Waals surface area contributed by atoms with E-state index in [1.807, 2.05) is 114 Å². The number of methoxy groups -OCH3 is 3. The Morgan fingerprint density at radius 2 is 1.01 bits per heavy atom. The van der Waals surface area contributed by atoms with Gasteiger partial charge in [0.05, 0.1) is 53.9 Å². The maximum absolute atomic E-state index is 13.6. The number of ether oxygens (including phenoxy) is 3. The Morgan fingerprint density at radius 1 is 0.556 bits per heavy atom. The second kappa shape index (κ2) is 18.5. The Morgan fingerprint density at radius 3 is 1.46 bits per heavy atom. The van der Waals surface area contributed by atoms with Gasteiger partial charge in [-0.1, -0.05) is 24.3 Å². The normalized spacial score (nSPS) is 14.7. The first-order valence-electron chi connectivity index (χ1n) is 23.9. The van der Waals surface area contributed by atoms with Gasteiger partial charge in [0.2, 0.25) is 0 Å². The molecule has 2 aliphatic carbocycles. The van der Waals surface area contributed by atoms with Crippen molar-refractivity contribution in [2.24, 2.45) is 0 Å². The molecule has 2 atom stereocenters. The fourth-order valence-corrected chi connectivity index (χ4v) is 9.80. The number of rotatable bonds is 11. The van der Waals surface area contributed by atoms with Gasteiger partial charge in [-0.2, -0.15) is 10.2 Å². The molecule has 2 unspecified atom stereocenters. The Hall–Kier alpha value is -8.74. The molecule has 72 heavy (non-hydrogen) atoms. The van der Waals surface area contributed by atoms with Crippen molar-refractivity contribution in [1.82, 2.24) is 58.6 Å². The zero-order chi connectivity index (χ0) is 49.8. The zero-order valence-electron chi connectivity index (χ0n) is 40.4. The van der Waals surface area contributed by atoms with E-state index < -0.39 is 6.04 Å².